The van der Waals surface area contributed by atoms with Gasteiger partial charge in [0.25, 0.3) is 0 Å². The van der Waals surface area contributed by atoms with E-state index in [0.29, 0.717) is 12.1 Å². The molecule has 1 unspecified atom stereocenters. The van der Waals surface area contributed by atoms with Crippen LogP contribution < -0.4 is 0 Å². The molecule has 0 bridgehead atoms. The van der Waals surface area contributed by atoms with Gasteiger partial charge in [0.05, 0.1) is 6.04 Å². The number of amides is 1. The Balaban J connectivity index is 1.64. The van der Waals surface area contributed by atoms with Crippen LogP contribution >= 0.6 is 0 Å². The molecule has 5 heteroatoms. The fourth-order valence-corrected chi connectivity index (χ4v) is 3.55. The standard InChI is InChI=1S/C18H24F2N2O/c1-21(11-13-4-2-5-13)17-6-3-9-22(18(17)23)12-14-7-8-15(19)10-16(14)20/h7-8,10,13,17H,2-6,9,11-12H2,1H3. The van der Waals surface area contributed by atoms with Gasteiger partial charge >= 0.3 is 0 Å². The zero-order valence-electron chi connectivity index (χ0n) is 13.6. The lowest BCUT2D eigenvalue weighted by atomic mass is 9.84. The van der Waals surface area contributed by atoms with Gasteiger partial charge in [-0.2, -0.15) is 0 Å². The number of benzene rings is 1. The molecule has 1 saturated carbocycles. The number of piperidine rings is 1. The lowest BCUT2D eigenvalue weighted by molar-refractivity contribution is -0.140. The van der Waals surface area contributed by atoms with E-state index < -0.39 is 11.6 Å². The van der Waals surface area contributed by atoms with Crippen LogP contribution in [0.3, 0.4) is 0 Å². The highest BCUT2D eigenvalue weighted by Crippen LogP contribution is 2.28. The first-order valence-corrected chi connectivity index (χ1v) is 8.47. The number of hydrogen-bond acceptors (Lipinski definition) is 2. The van der Waals surface area contributed by atoms with Crippen molar-refractivity contribution >= 4 is 5.91 Å². The number of halogens is 2. The van der Waals surface area contributed by atoms with Gasteiger partial charge in [-0.15, -0.1) is 0 Å². The van der Waals surface area contributed by atoms with Gasteiger partial charge in [0.15, 0.2) is 0 Å². The van der Waals surface area contributed by atoms with Crippen LogP contribution in [-0.2, 0) is 11.3 Å². The molecule has 3 nitrogen and oxygen atoms in total. The Bertz CT molecular complexity index is 574. The first-order chi connectivity index (χ1) is 11.0. The minimum absolute atomic E-state index is 0.0711. The summed E-state index contributed by atoms with van der Waals surface area (Å²) in [5.74, 6) is -0.378. The zero-order valence-corrected chi connectivity index (χ0v) is 13.6. The molecule has 1 saturated heterocycles. The van der Waals surface area contributed by atoms with E-state index in [-0.39, 0.29) is 18.5 Å². The Morgan fingerprint density at radius 3 is 2.65 bits per heavy atom. The largest absolute Gasteiger partial charge is 0.337 e. The summed E-state index contributed by atoms with van der Waals surface area (Å²) in [6.07, 6.45) is 5.61. The molecule has 1 amide bonds. The third-order valence-corrected chi connectivity index (χ3v) is 5.18. The number of carbonyl (C=O) groups is 1. The average Bonchev–Trinajstić information content (AvgIpc) is 2.47. The monoisotopic (exact) mass is 322 g/mol. The highest BCUT2D eigenvalue weighted by molar-refractivity contribution is 5.82. The predicted octanol–water partition coefficient (Wildman–Crippen LogP) is 3.19. The predicted molar refractivity (Wildman–Crippen MR) is 84.8 cm³/mol. The van der Waals surface area contributed by atoms with Crippen LogP contribution in [0.2, 0.25) is 0 Å². The summed E-state index contributed by atoms with van der Waals surface area (Å²) in [7, 11) is 2.02. The van der Waals surface area contributed by atoms with Crippen molar-refractivity contribution in [2.75, 3.05) is 20.1 Å². The fourth-order valence-electron chi connectivity index (χ4n) is 3.55. The van der Waals surface area contributed by atoms with E-state index in [1.807, 2.05) is 7.05 Å². The third kappa shape index (κ3) is 3.71. The van der Waals surface area contributed by atoms with Gasteiger partial charge in [0.1, 0.15) is 11.6 Å². The van der Waals surface area contributed by atoms with E-state index in [4.69, 9.17) is 0 Å². The molecule has 1 aromatic rings. The van der Waals surface area contributed by atoms with E-state index in [0.717, 1.165) is 31.4 Å². The Hall–Kier alpha value is -1.49. The van der Waals surface area contributed by atoms with Gasteiger partial charge in [-0.25, -0.2) is 8.78 Å². The van der Waals surface area contributed by atoms with Crippen molar-refractivity contribution in [1.29, 1.82) is 0 Å². The summed E-state index contributed by atoms with van der Waals surface area (Å²) in [4.78, 5) is 16.6. The van der Waals surface area contributed by atoms with Crippen molar-refractivity contribution in [3.63, 3.8) is 0 Å². The maximum atomic E-state index is 13.8. The van der Waals surface area contributed by atoms with Crippen molar-refractivity contribution in [2.45, 2.75) is 44.7 Å². The second-order valence-corrected chi connectivity index (χ2v) is 6.89. The van der Waals surface area contributed by atoms with E-state index in [9.17, 15) is 13.6 Å². The van der Waals surface area contributed by atoms with E-state index in [2.05, 4.69) is 4.90 Å². The Kier molecular flexibility index (Phi) is 4.95. The number of hydrogen-bond donors (Lipinski definition) is 0. The molecule has 0 aromatic heterocycles. The number of likely N-dealkylation sites (tertiary alicyclic amines) is 1. The number of likely N-dealkylation sites (N-methyl/N-ethyl adjacent to an activating group) is 1. The van der Waals surface area contributed by atoms with E-state index >= 15 is 0 Å². The van der Waals surface area contributed by atoms with Crippen LogP contribution in [0.1, 0.15) is 37.7 Å². The van der Waals surface area contributed by atoms with Gasteiger partial charge in [0.2, 0.25) is 5.91 Å². The molecule has 0 radical (unpaired) electrons. The minimum Gasteiger partial charge on any atom is -0.337 e. The second kappa shape index (κ2) is 6.95. The Labute approximate surface area is 136 Å². The number of rotatable bonds is 5. The van der Waals surface area contributed by atoms with Crippen LogP contribution in [0.25, 0.3) is 0 Å². The van der Waals surface area contributed by atoms with Gasteiger partial charge in [0, 0.05) is 31.3 Å². The third-order valence-electron chi connectivity index (χ3n) is 5.18. The van der Waals surface area contributed by atoms with Gasteiger partial charge in [-0.3, -0.25) is 9.69 Å². The molecule has 23 heavy (non-hydrogen) atoms. The molecule has 3 rings (SSSR count). The number of nitrogens with zero attached hydrogens (tertiary/aromatic N) is 2. The highest BCUT2D eigenvalue weighted by atomic mass is 19.1. The lowest BCUT2D eigenvalue weighted by Gasteiger charge is -2.39. The minimum atomic E-state index is -0.589. The van der Waals surface area contributed by atoms with Crippen LogP contribution in [0.15, 0.2) is 18.2 Å². The average molecular weight is 322 g/mol. The van der Waals surface area contributed by atoms with E-state index in [1.165, 1.54) is 31.4 Å². The smallest absolute Gasteiger partial charge is 0.240 e. The van der Waals surface area contributed by atoms with Gasteiger partial charge in [-0.1, -0.05) is 12.5 Å². The Morgan fingerprint density at radius 2 is 2.00 bits per heavy atom. The molecule has 1 atom stereocenters. The Morgan fingerprint density at radius 1 is 1.22 bits per heavy atom. The molecular formula is C18H24F2N2O. The molecule has 0 N–H and O–H groups in total. The van der Waals surface area contributed by atoms with Crippen molar-refractivity contribution in [2.24, 2.45) is 5.92 Å². The fraction of sp³-hybridized carbons (Fsp3) is 0.611. The van der Waals surface area contributed by atoms with Crippen molar-refractivity contribution in [1.82, 2.24) is 9.80 Å². The van der Waals surface area contributed by atoms with Crippen LogP contribution in [0.4, 0.5) is 8.78 Å². The normalized spacial score (nSPS) is 22.5. The number of carbonyl (C=O) groups excluding carboxylic acids is 1. The summed E-state index contributed by atoms with van der Waals surface area (Å²) in [6, 6.07) is 3.45. The van der Waals surface area contributed by atoms with Crippen molar-refractivity contribution in [3.8, 4) is 0 Å². The second-order valence-electron chi connectivity index (χ2n) is 6.89. The van der Waals surface area contributed by atoms with Crippen molar-refractivity contribution < 1.29 is 13.6 Å². The molecule has 1 aromatic carbocycles. The maximum Gasteiger partial charge on any atom is 0.240 e. The van der Waals surface area contributed by atoms with Crippen LogP contribution in [-0.4, -0.2) is 41.9 Å². The molecule has 0 spiro atoms. The summed E-state index contributed by atoms with van der Waals surface area (Å²) in [6.45, 7) is 1.83. The molecule has 1 heterocycles. The van der Waals surface area contributed by atoms with Crippen molar-refractivity contribution in [3.05, 3.63) is 35.4 Å². The topological polar surface area (TPSA) is 23.6 Å². The summed E-state index contributed by atoms with van der Waals surface area (Å²) in [5.41, 5.74) is 0.377. The van der Waals surface area contributed by atoms with Gasteiger partial charge in [-0.05, 0) is 44.7 Å². The van der Waals surface area contributed by atoms with Gasteiger partial charge < -0.3 is 4.90 Å². The lowest BCUT2D eigenvalue weighted by Crippen LogP contribution is -2.52. The quantitative estimate of drug-likeness (QED) is 0.831. The summed E-state index contributed by atoms with van der Waals surface area (Å²) in [5, 5.41) is 0. The molecular weight excluding hydrogens is 298 g/mol. The van der Waals surface area contributed by atoms with Crippen LogP contribution in [0, 0.1) is 17.6 Å². The van der Waals surface area contributed by atoms with E-state index in [1.54, 1.807) is 4.90 Å². The summed E-state index contributed by atoms with van der Waals surface area (Å²) < 4.78 is 26.8. The first-order valence-electron chi connectivity index (χ1n) is 8.47. The SMILES string of the molecule is CN(CC1CCC1)C1CCCN(Cc2ccc(F)cc2F)C1=O. The molecule has 1 aliphatic heterocycles. The molecule has 2 aliphatic rings. The molecule has 2 fully saturated rings. The molecule has 1 aliphatic carbocycles. The highest BCUT2D eigenvalue weighted by Gasteiger charge is 2.33. The van der Waals surface area contributed by atoms with Crippen LogP contribution in [0.5, 0.6) is 0 Å². The summed E-state index contributed by atoms with van der Waals surface area (Å²) >= 11 is 0. The zero-order chi connectivity index (χ0) is 16.4. The molecule has 126 valence electrons. The first kappa shape index (κ1) is 16.4. The maximum absolute atomic E-state index is 13.8.